The van der Waals surface area contributed by atoms with E-state index in [1.807, 2.05) is 0 Å². The SMILES string of the molecule is C.C1CCCC1.CCC.COC.[HH]. The third-order valence-corrected chi connectivity index (χ3v) is 1.25. The van der Waals surface area contributed by atoms with Gasteiger partial charge in [0.1, 0.15) is 0 Å². The molecule has 0 aliphatic heterocycles. The Morgan fingerprint density at radius 2 is 1.00 bits per heavy atom. The van der Waals surface area contributed by atoms with Gasteiger partial charge in [0.05, 0.1) is 0 Å². The molecule has 80 valence electrons. The van der Waals surface area contributed by atoms with E-state index in [-0.39, 0.29) is 8.85 Å². The first-order valence-electron chi connectivity index (χ1n) is 4.73. The lowest BCUT2D eigenvalue weighted by Crippen LogP contribution is -1.55. The van der Waals surface area contributed by atoms with E-state index in [9.17, 15) is 0 Å². The average molecular weight is 178 g/mol. The molecule has 1 fully saturated rings. The van der Waals surface area contributed by atoms with E-state index in [1.165, 1.54) is 38.5 Å². The highest BCUT2D eigenvalue weighted by Crippen LogP contribution is 2.15. The number of ether oxygens (including phenoxy) is 1. The van der Waals surface area contributed by atoms with Gasteiger partial charge in [-0.1, -0.05) is 59.8 Å². The summed E-state index contributed by atoms with van der Waals surface area (Å²) in [6.07, 6.45) is 8.75. The Morgan fingerprint density at radius 1 is 0.917 bits per heavy atom. The van der Waals surface area contributed by atoms with Crippen LogP contribution >= 0.6 is 0 Å². The number of methoxy groups -OCH3 is 1. The largest absolute Gasteiger partial charge is 0.388 e. The van der Waals surface area contributed by atoms with Gasteiger partial charge in [-0.3, -0.25) is 0 Å². The van der Waals surface area contributed by atoms with E-state index in [0.29, 0.717) is 0 Å². The molecule has 0 radical (unpaired) electrons. The van der Waals surface area contributed by atoms with Crippen molar-refractivity contribution in [1.29, 1.82) is 0 Å². The molecule has 0 amide bonds. The molecule has 1 aliphatic rings. The van der Waals surface area contributed by atoms with Gasteiger partial charge < -0.3 is 4.74 Å². The molecule has 1 aliphatic carbocycles. The molecule has 12 heavy (non-hydrogen) atoms. The zero-order chi connectivity index (χ0) is 8.95. The zero-order valence-electron chi connectivity index (χ0n) is 8.65. The normalized spacial score (nSPS) is 13.0. The molecule has 1 rings (SSSR count). The second-order valence-electron chi connectivity index (χ2n) is 2.88. The minimum absolute atomic E-state index is 0. The van der Waals surface area contributed by atoms with Gasteiger partial charge >= 0.3 is 0 Å². The van der Waals surface area contributed by atoms with E-state index < -0.39 is 0 Å². The van der Waals surface area contributed by atoms with Crippen LogP contribution in [-0.2, 0) is 4.74 Å². The van der Waals surface area contributed by atoms with Crippen molar-refractivity contribution in [2.75, 3.05) is 14.2 Å². The summed E-state index contributed by atoms with van der Waals surface area (Å²) in [6.45, 7) is 4.25. The Bertz CT molecular complexity index is 35.7. The Labute approximate surface area is 81.0 Å². The molecular formula is C11H30O. The Kier molecular flexibility index (Phi) is 33.5. The van der Waals surface area contributed by atoms with Crippen molar-refractivity contribution in [2.45, 2.75) is 59.8 Å². The summed E-state index contributed by atoms with van der Waals surface area (Å²) < 4.78 is 4.25. The lowest BCUT2D eigenvalue weighted by Gasteiger charge is -1.67. The van der Waals surface area contributed by atoms with E-state index in [2.05, 4.69) is 18.6 Å². The van der Waals surface area contributed by atoms with Crippen molar-refractivity contribution < 1.29 is 6.16 Å². The molecule has 0 unspecified atom stereocenters. The smallest absolute Gasteiger partial charge is 0.0351 e. The van der Waals surface area contributed by atoms with Crippen LogP contribution in [0.2, 0.25) is 0 Å². The van der Waals surface area contributed by atoms with Crippen LogP contribution in [-0.4, -0.2) is 14.2 Å². The van der Waals surface area contributed by atoms with E-state index in [1.54, 1.807) is 14.2 Å². The summed E-state index contributed by atoms with van der Waals surface area (Å²) in [5.41, 5.74) is 0. The molecule has 1 heteroatoms. The van der Waals surface area contributed by atoms with Crippen LogP contribution in [0.15, 0.2) is 0 Å². The molecule has 0 spiro atoms. The van der Waals surface area contributed by atoms with Crippen molar-refractivity contribution >= 4 is 0 Å². The van der Waals surface area contributed by atoms with Crippen LogP contribution in [0, 0.1) is 0 Å². The first-order valence-corrected chi connectivity index (χ1v) is 4.73. The van der Waals surface area contributed by atoms with Crippen molar-refractivity contribution in [1.82, 2.24) is 0 Å². The fourth-order valence-electron chi connectivity index (χ4n) is 0.884. The van der Waals surface area contributed by atoms with Crippen molar-refractivity contribution in [3.8, 4) is 0 Å². The Hall–Kier alpha value is -0.0400. The monoisotopic (exact) mass is 178 g/mol. The van der Waals surface area contributed by atoms with Crippen molar-refractivity contribution in [2.24, 2.45) is 0 Å². The van der Waals surface area contributed by atoms with Gasteiger partial charge in [-0.2, -0.15) is 0 Å². The number of hydrogen-bond donors (Lipinski definition) is 0. The molecule has 1 saturated carbocycles. The summed E-state index contributed by atoms with van der Waals surface area (Å²) in [5.74, 6) is 0. The van der Waals surface area contributed by atoms with Gasteiger partial charge in [0.25, 0.3) is 0 Å². The van der Waals surface area contributed by atoms with Crippen LogP contribution < -0.4 is 0 Å². The molecule has 1 nitrogen and oxygen atoms in total. The first kappa shape index (κ1) is 17.9. The predicted octanol–water partition coefficient (Wildman–Crippen LogP) is 4.51. The second-order valence-corrected chi connectivity index (χ2v) is 2.88. The van der Waals surface area contributed by atoms with E-state index in [4.69, 9.17) is 0 Å². The highest BCUT2D eigenvalue weighted by molar-refractivity contribution is 4.51. The van der Waals surface area contributed by atoms with Crippen molar-refractivity contribution in [3.63, 3.8) is 0 Å². The van der Waals surface area contributed by atoms with Crippen LogP contribution in [0.1, 0.15) is 61.2 Å². The lowest BCUT2D eigenvalue weighted by atomic mass is 10.4. The van der Waals surface area contributed by atoms with Crippen LogP contribution in [0.3, 0.4) is 0 Å². The molecule has 0 saturated heterocycles. The van der Waals surface area contributed by atoms with Gasteiger partial charge in [-0.25, -0.2) is 0 Å². The fraction of sp³-hybridized carbons (Fsp3) is 1.00. The maximum absolute atomic E-state index is 4.25. The van der Waals surface area contributed by atoms with Gasteiger partial charge in [0.15, 0.2) is 0 Å². The fourth-order valence-corrected chi connectivity index (χ4v) is 0.884. The molecule has 0 heterocycles. The summed E-state index contributed by atoms with van der Waals surface area (Å²) in [7, 11) is 3.25. The summed E-state index contributed by atoms with van der Waals surface area (Å²) in [4.78, 5) is 0. The van der Waals surface area contributed by atoms with E-state index in [0.717, 1.165) is 0 Å². The highest BCUT2D eigenvalue weighted by atomic mass is 16.4. The van der Waals surface area contributed by atoms with Crippen LogP contribution in [0.25, 0.3) is 0 Å². The topological polar surface area (TPSA) is 9.23 Å². The summed E-state index contributed by atoms with van der Waals surface area (Å²) in [6, 6.07) is 0. The summed E-state index contributed by atoms with van der Waals surface area (Å²) in [5, 5.41) is 0. The highest BCUT2D eigenvalue weighted by Gasteiger charge is 1.95. The average Bonchev–Trinajstić information content (AvgIpc) is 2.44. The molecule has 0 aromatic rings. The van der Waals surface area contributed by atoms with Crippen molar-refractivity contribution in [3.05, 3.63) is 0 Å². The quantitative estimate of drug-likeness (QED) is 0.530. The standard InChI is InChI=1S/C5H10.C3H8.C2H6O.CH4.H2/c1-2-4-5-3-1;2*1-3-2;;/h1-5H2;3H2,1-2H3;1-2H3;1H4;1H. The second kappa shape index (κ2) is 22.4. The summed E-state index contributed by atoms with van der Waals surface area (Å²) >= 11 is 0. The minimum atomic E-state index is 0. The molecule has 0 aromatic carbocycles. The minimum Gasteiger partial charge on any atom is -0.388 e. The van der Waals surface area contributed by atoms with Gasteiger partial charge in [-0.05, 0) is 0 Å². The Morgan fingerprint density at radius 3 is 1.08 bits per heavy atom. The molecule has 0 N–H and O–H groups in total. The molecule has 0 aromatic heterocycles. The first-order chi connectivity index (χ1) is 5.33. The Balaban J connectivity index is -0.0000000461. The maximum atomic E-state index is 4.25. The number of rotatable bonds is 0. The third-order valence-electron chi connectivity index (χ3n) is 1.25. The molecule has 0 bridgehead atoms. The predicted molar refractivity (Wildman–Crippen MR) is 60.8 cm³/mol. The molecular weight excluding hydrogens is 148 g/mol. The number of hydrogen-bond acceptors (Lipinski definition) is 1. The van der Waals surface area contributed by atoms with Crippen LogP contribution in [0.4, 0.5) is 0 Å². The third kappa shape index (κ3) is 32.5. The molecule has 0 atom stereocenters. The lowest BCUT2D eigenvalue weighted by molar-refractivity contribution is 0.277. The maximum Gasteiger partial charge on any atom is 0.0351 e. The van der Waals surface area contributed by atoms with E-state index >= 15 is 0 Å². The van der Waals surface area contributed by atoms with Gasteiger partial charge in [-0.15, -0.1) is 0 Å². The zero-order valence-corrected chi connectivity index (χ0v) is 8.65. The van der Waals surface area contributed by atoms with Gasteiger partial charge in [0.2, 0.25) is 0 Å². The van der Waals surface area contributed by atoms with Crippen LogP contribution in [0.5, 0.6) is 0 Å². The van der Waals surface area contributed by atoms with Gasteiger partial charge in [0, 0.05) is 15.6 Å².